The molecule has 0 saturated carbocycles. The van der Waals surface area contributed by atoms with Crippen LogP contribution < -0.4 is 16.1 Å². The van der Waals surface area contributed by atoms with Crippen LogP contribution in [0.3, 0.4) is 0 Å². The Bertz CT molecular complexity index is 1240. The van der Waals surface area contributed by atoms with Crippen LogP contribution in [0.4, 0.5) is 19.0 Å². The summed E-state index contributed by atoms with van der Waals surface area (Å²) in [5.41, 5.74) is 3.69. The Morgan fingerprint density at radius 1 is 1.27 bits per heavy atom. The van der Waals surface area contributed by atoms with E-state index < -0.39 is 34.4 Å². The van der Waals surface area contributed by atoms with Crippen molar-refractivity contribution >= 4 is 22.8 Å². The van der Waals surface area contributed by atoms with Gasteiger partial charge in [-0.05, 0) is 31.5 Å². The maximum atomic E-state index is 14.9. The smallest absolute Gasteiger partial charge is 0.341 e. The second-order valence-electron chi connectivity index (χ2n) is 7.28. The van der Waals surface area contributed by atoms with Crippen molar-refractivity contribution in [3.8, 4) is 5.69 Å². The van der Waals surface area contributed by atoms with Gasteiger partial charge in [0.15, 0.2) is 28.9 Å². The molecule has 0 amide bonds. The van der Waals surface area contributed by atoms with E-state index in [-0.39, 0.29) is 34.6 Å². The number of benzene rings is 1. The number of nitrogens with two attached hydrogens (primary N) is 1. The maximum Gasteiger partial charge on any atom is 0.341 e. The summed E-state index contributed by atoms with van der Waals surface area (Å²) in [6.07, 6.45) is 1.46. The second-order valence-corrected chi connectivity index (χ2v) is 7.28. The number of rotatable bonds is 3. The van der Waals surface area contributed by atoms with Crippen LogP contribution in [-0.2, 0) is 0 Å². The molecule has 1 aliphatic heterocycles. The van der Waals surface area contributed by atoms with Crippen molar-refractivity contribution < 1.29 is 23.1 Å². The molecule has 1 fully saturated rings. The largest absolute Gasteiger partial charge is 0.477 e. The summed E-state index contributed by atoms with van der Waals surface area (Å²) < 4.78 is 44.1. The van der Waals surface area contributed by atoms with Gasteiger partial charge in [0, 0.05) is 24.8 Å². The first-order chi connectivity index (χ1) is 14.2. The molecule has 3 aromatic rings. The minimum Gasteiger partial charge on any atom is -0.477 e. The Kier molecular flexibility index (Phi) is 4.73. The van der Waals surface area contributed by atoms with Crippen molar-refractivity contribution in [3.63, 3.8) is 0 Å². The normalized spacial score (nSPS) is 18.9. The van der Waals surface area contributed by atoms with Gasteiger partial charge in [-0.25, -0.2) is 22.9 Å². The van der Waals surface area contributed by atoms with Crippen LogP contribution in [-0.4, -0.2) is 39.3 Å². The molecule has 156 valence electrons. The van der Waals surface area contributed by atoms with Gasteiger partial charge in [0.25, 0.3) is 0 Å². The number of fused-ring (bicyclic) bond motifs is 1. The molecule has 4 rings (SSSR count). The van der Waals surface area contributed by atoms with Crippen LogP contribution in [0, 0.1) is 17.5 Å². The highest BCUT2D eigenvalue weighted by Crippen LogP contribution is 2.29. The first kappa shape index (κ1) is 19.9. The van der Waals surface area contributed by atoms with Gasteiger partial charge < -0.3 is 15.7 Å². The van der Waals surface area contributed by atoms with Crippen LogP contribution in [0.2, 0.25) is 0 Å². The minimum absolute atomic E-state index is 0.101. The molecule has 2 aromatic heterocycles. The number of carbonyl (C=O) groups is 1. The zero-order valence-corrected chi connectivity index (χ0v) is 15.8. The molecular formula is C20H17F3N4O3. The fourth-order valence-corrected chi connectivity index (χ4v) is 3.80. The number of halogens is 3. The van der Waals surface area contributed by atoms with Crippen molar-refractivity contribution in [2.24, 2.45) is 5.73 Å². The van der Waals surface area contributed by atoms with E-state index >= 15 is 0 Å². The third kappa shape index (κ3) is 3.09. The number of hydrogen-bond acceptors (Lipinski definition) is 5. The molecule has 7 nitrogen and oxygen atoms in total. The van der Waals surface area contributed by atoms with E-state index in [1.54, 1.807) is 4.90 Å². The van der Waals surface area contributed by atoms with E-state index in [1.807, 2.05) is 6.92 Å². The zero-order chi connectivity index (χ0) is 21.7. The quantitative estimate of drug-likeness (QED) is 0.678. The number of carboxylic acids is 1. The zero-order valence-electron chi connectivity index (χ0n) is 15.8. The number of pyridine rings is 2. The van der Waals surface area contributed by atoms with Gasteiger partial charge >= 0.3 is 5.97 Å². The first-order valence-electron chi connectivity index (χ1n) is 9.14. The minimum atomic E-state index is -1.59. The van der Waals surface area contributed by atoms with Crippen molar-refractivity contribution in [1.29, 1.82) is 0 Å². The second kappa shape index (κ2) is 7.13. The summed E-state index contributed by atoms with van der Waals surface area (Å²) in [5, 5.41) is 9.00. The van der Waals surface area contributed by atoms with Crippen molar-refractivity contribution in [2.75, 3.05) is 11.4 Å². The van der Waals surface area contributed by atoms with E-state index in [9.17, 15) is 27.9 Å². The third-order valence-electron chi connectivity index (χ3n) is 5.21. The summed E-state index contributed by atoms with van der Waals surface area (Å²) in [6.45, 7) is 2.16. The highest BCUT2D eigenvalue weighted by atomic mass is 19.2. The highest BCUT2D eigenvalue weighted by molar-refractivity contribution is 5.92. The molecule has 1 aliphatic rings. The lowest BCUT2D eigenvalue weighted by Gasteiger charge is -2.24. The lowest BCUT2D eigenvalue weighted by atomic mass is 10.1. The standard InChI is InChI=1S/C20H17F3N4O3/c1-9-5-10(24)7-26(9)19-14(22)6-11-17(28)12(20(29)30)8-27(18(11)25-19)15-4-2-3-13(21)16(15)23/h2-4,6,8-10H,5,7,24H2,1H3,(H,29,30). The van der Waals surface area contributed by atoms with Crippen molar-refractivity contribution in [1.82, 2.24) is 9.55 Å². The van der Waals surface area contributed by atoms with E-state index in [0.717, 1.165) is 22.9 Å². The Hall–Kier alpha value is -3.40. The number of hydrogen-bond donors (Lipinski definition) is 2. The Labute approximate surface area is 168 Å². The number of anilines is 1. The van der Waals surface area contributed by atoms with E-state index in [0.29, 0.717) is 13.0 Å². The van der Waals surface area contributed by atoms with Crippen LogP contribution in [0.15, 0.2) is 35.3 Å². The molecule has 3 heterocycles. The average Bonchev–Trinajstić information content (AvgIpc) is 3.02. The molecule has 3 N–H and O–H groups in total. The first-order valence-corrected chi connectivity index (χ1v) is 9.14. The summed E-state index contributed by atoms with van der Waals surface area (Å²) in [5.74, 6) is -4.96. The van der Waals surface area contributed by atoms with Gasteiger partial charge in [0.2, 0.25) is 5.43 Å². The predicted molar refractivity (Wildman–Crippen MR) is 104 cm³/mol. The number of carboxylic acid groups (broad SMARTS) is 1. The topological polar surface area (TPSA) is 101 Å². The molecule has 0 bridgehead atoms. The van der Waals surface area contributed by atoms with Gasteiger partial charge in [-0.1, -0.05) is 6.07 Å². The van der Waals surface area contributed by atoms with Crippen LogP contribution in [0.1, 0.15) is 23.7 Å². The molecule has 2 unspecified atom stereocenters. The molecule has 10 heteroatoms. The summed E-state index contributed by atoms with van der Waals surface area (Å²) in [6, 6.07) is 3.86. The van der Waals surface area contributed by atoms with Crippen LogP contribution >= 0.6 is 0 Å². The Balaban J connectivity index is 2.07. The van der Waals surface area contributed by atoms with E-state index in [1.165, 1.54) is 12.1 Å². The molecule has 0 spiro atoms. The van der Waals surface area contributed by atoms with Crippen molar-refractivity contribution in [3.05, 3.63) is 63.7 Å². The fraction of sp³-hybridized carbons (Fsp3) is 0.250. The van der Waals surface area contributed by atoms with Crippen LogP contribution in [0.5, 0.6) is 0 Å². The van der Waals surface area contributed by atoms with Crippen LogP contribution in [0.25, 0.3) is 16.7 Å². The number of nitrogens with zero attached hydrogens (tertiary/aromatic N) is 3. The lowest BCUT2D eigenvalue weighted by Crippen LogP contribution is -2.31. The Morgan fingerprint density at radius 2 is 2.00 bits per heavy atom. The fourth-order valence-electron chi connectivity index (χ4n) is 3.80. The number of aromatic carboxylic acids is 1. The van der Waals surface area contributed by atoms with Gasteiger partial charge in [-0.2, -0.15) is 0 Å². The molecule has 1 aromatic carbocycles. The molecular weight excluding hydrogens is 401 g/mol. The molecule has 1 saturated heterocycles. The monoisotopic (exact) mass is 418 g/mol. The van der Waals surface area contributed by atoms with Gasteiger partial charge in [-0.15, -0.1) is 0 Å². The molecule has 30 heavy (non-hydrogen) atoms. The summed E-state index contributed by atoms with van der Waals surface area (Å²) in [7, 11) is 0. The molecule has 0 aliphatic carbocycles. The lowest BCUT2D eigenvalue weighted by molar-refractivity contribution is 0.0695. The summed E-state index contributed by atoms with van der Waals surface area (Å²) in [4.78, 5) is 30.0. The Morgan fingerprint density at radius 3 is 2.63 bits per heavy atom. The van der Waals surface area contributed by atoms with Gasteiger partial charge in [-0.3, -0.25) is 9.36 Å². The predicted octanol–water partition coefficient (Wildman–Crippen LogP) is 2.43. The van der Waals surface area contributed by atoms with Gasteiger partial charge in [0.1, 0.15) is 5.56 Å². The maximum absolute atomic E-state index is 14.9. The van der Waals surface area contributed by atoms with Crippen molar-refractivity contribution in [2.45, 2.75) is 25.4 Å². The SMILES string of the molecule is CC1CC(N)CN1c1nc2c(cc1F)c(=O)c(C(=O)O)cn2-c1cccc(F)c1F. The molecule has 0 radical (unpaired) electrons. The average molecular weight is 418 g/mol. The summed E-state index contributed by atoms with van der Waals surface area (Å²) >= 11 is 0. The highest BCUT2D eigenvalue weighted by Gasteiger charge is 2.31. The van der Waals surface area contributed by atoms with E-state index in [2.05, 4.69) is 4.98 Å². The third-order valence-corrected chi connectivity index (χ3v) is 5.21. The molecule has 2 atom stereocenters. The number of aromatic nitrogens is 2. The van der Waals surface area contributed by atoms with E-state index in [4.69, 9.17) is 5.73 Å². The van der Waals surface area contributed by atoms with Gasteiger partial charge in [0.05, 0.1) is 11.1 Å².